The van der Waals surface area contributed by atoms with E-state index in [0.717, 1.165) is 0 Å². The summed E-state index contributed by atoms with van der Waals surface area (Å²) in [7, 11) is 0. The van der Waals surface area contributed by atoms with Gasteiger partial charge in [-0.25, -0.2) is 8.78 Å². The number of H-pyrrole nitrogens is 2. The second-order valence-electron chi connectivity index (χ2n) is 4.49. The fraction of sp³-hybridized carbons (Fsp3) is 0. The van der Waals surface area contributed by atoms with E-state index < -0.39 is 5.56 Å². The van der Waals surface area contributed by atoms with E-state index in [-0.39, 0.29) is 17.3 Å². The summed E-state index contributed by atoms with van der Waals surface area (Å²) in [5.74, 6) is -0.762. The van der Waals surface area contributed by atoms with Crippen molar-refractivity contribution in [1.82, 2.24) is 10.2 Å². The third-order valence-corrected chi connectivity index (χ3v) is 2.98. The largest absolute Gasteiger partial charge is 0.295 e. The molecule has 7 heteroatoms. The molecular formula is C15H10F2N4O. The zero-order chi connectivity index (χ0) is 15.5. The zero-order valence-corrected chi connectivity index (χ0v) is 11.2. The van der Waals surface area contributed by atoms with Gasteiger partial charge in [0, 0.05) is 5.56 Å². The maximum absolute atomic E-state index is 13.0. The van der Waals surface area contributed by atoms with Crippen LogP contribution in [0, 0.1) is 11.6 Å². The molecule has 0 radical (unpaired) electrons. The van der Waals surface area contributed by atoms with Gasteiger partial charge in [0.1, 0.15) is 11.6 Å². The molecule has 0 aliphatic rings. The van der Waals surface area contributed by atoms with E-state index in [4.69, 9.17) is 0 Å². The second-order valence-corrected chi connectivity index (χ2v) is 4.49. The highest BCUT2D eigenvalue weighted by molar-refractivity contribution is 5.71. The molecule has 5 nitrogen and oxygen atoms in total. The fourth-order valence-corrected chi connectivity index (χ4v) is 1.89. The van der Waals surface area contributed by atoms with Crippen LogP contribution in [0.25, 0.3) is 11.3 Å². The summed E-state index contributed by atoms with van der Waals surface area (Å²) in [4.78, 5) is 11.8. The summed E-state index contributed by atoms with van der Waals surface area (Å²) in [6.45, 7) is 0. The summed E-state index contributed by atoms with van der Waals surface area (Å²) in [5, 5.41) is 12.9. The van der Waals surface area contributed by atoms with Crippen molar-refractivity contribution in [2.75, 3.05) is 0 Å². The lowest BCUT2D eigenvalue weighted by atomic mass is 10.1. The van der Waals surface area contributed by atoms with Gasteiger partial charge in [0.15, 0.2) is 5.69 Å². The van der Waals surface area contributed by atoms with Gasteiger partial charge in [-0.3, -0.25) is 15.0 Å². The molecule has 0 fully saturated rings. The topological polar surface area (TPSA) is 73.4 Å². The number of benzene rings is 2. The first-order chi connectivity index (χ1) is 10.6. The van der Waals surface area contributed by atoms with Gasteiger partial charge >= 0.3 is 0 Å². The SMILES string of the molecule is O=c1[nH][nH]c(-c2ccc(F)cc2)c1N=Nc1ccc(F)cc1. The predicted molar refractivity (Wildman–Crippen MR) is 77.4 cm³/mol. The van der Waals surface area contributed by atoms with E-state index in [0.29, 0.717) is 16.9 Å². The first kappa shape index (κ1) is 13.9. The van der Waals surface area contributed by atoms with E-state index in [9.17, 15) is 13.6 Å². The van der Waals surface area contributed by atoms with Crippen molar-refractivity contribution in [3.8, 4) is 11.3 Å². The van der Waals surface area contributed by atoms with Crippen molar-refractivity contribution in [2.45, 2.75) is 0 Å². The van der Waals surface area contributed by atoms with Gasteiger partial charge in [-0.05, 0) is 48.5 Å². The Kier molecular flexibility index (Phi) is 3.61. The molecule has 0 saturated heterocycles. The van der Waals surface area contributed by atoms with Crippen LogP contribution in [0.2, 0.25) is 0 Å². The summed E-state index contributed by atoms with van der Waals surface area (Å²) < 4.78 is 25.8. The second kappa shape index (κ2) is 5.72. The van der Waals surface area contributed by atoms with Crippen LogP contribution >= 0.6 is 0 Å². The van der Waals surface area contributed by atoms with Gasteiger partial charge in [-0.15, -0.1) is 5.11 Å². The lowest BCUT2D eigenvalue weighted by Gasteiger charge is -1.98. The Morgan fingerprint density at radius 2 is 1.36 bits per heavy atom. The summed E-state index contributed by atoms with van der Waals surface area (Å²) in [5.41, 5.74) is 1.01. The molecule has 0 aliphatic heterocycles. The van der Waals surface area contributed by atoms with Crippen molar-refractivity contribution in [3.05, 3.63) is 70.5 Å². The Morgan fingerprint density at radius 3 is 2.00 bits per heavy atom. The number of aromatic amines is 2. The molecule has 3 rings (SSSR count). The maximum atomic E-state index is 13.0. The highest BCUT2D eigenvalue weighted by atomic mass is 19.1. The molecule has 0 amide bonds. The maximum Gasteiger partial charge on any atom is 0.292 e. The normalized spacial score (nSPS) is 11.2. The molecular weight excluding hydrogens is 290 g/mol. The molecule has 2 N–H and O–H groups in total. The van der Waals surface area contributed by atoms with Crippen LogP contribution in [0.15, 0.2) is 63.6 Å². The number of nitrogens with one attached hydrogen (secondary N) is 2. The quantitative estimate of drug-likeness (QED) is 0.703. The standard InChI is InChI=1S/C15H10F2N4O/c16-10-3-1-9(2-4-10)13-14(15(22)21-19-13)20-18-12-7-5-11(17)6-8-12/h1-8H,(H2,19,21,22). The fourth-order valence-electron chi connectivity index (χ4n) is 1.89. The Labute approximate surface area is 123 Å². The molecule has 22 heavy (non-hydrogen) atoms. The highest BCUT2D eigenvalue weighted by Gasteiger charge is 2.11. The zero-order valence-electron chi connectivity index (χ0n) is 11.2. The average Bonchev–Trinajstić information content (AvgIpc) is 2.89. The summed E-state index contributed by atoms with van der Waals surface area (Å²) >= 11 is 0. The number of nitrogens with zero attached hydrogens (tertiary/aromatic N) is 2. The minimum Gasteiger partial charge on any atom is -0.295 e. The molecule has 0 saturated carbocycles. The number of aromatic nitrogens is 2. The number of azo groups is 1. The van der Waals surface area contributed by atoms with Crippen LogP contribution in [0.1, 0.15) is 0 Å². The monoisotopic (exact) mass is 300 g/mol. The van der Waals surface area contributed by atoms with Crippen LogP contribution in [0.5, 0.6) is 0 Å². The van der Waals surface area contributed by atoms with Gasteiger partial charge in [-0.1, -0.05) is 0 Å². The van der Waals surface area contributed by atoms with Gasteiger partial charge in [0.2, 0.25) is 0 Å². The number of hydrogen-bond acceptors (Lipinski definition) is 3. The third-order valence-electron chi connectivity index (χ3n) is 2.98. The highest BCUT2D eigenvalue weighted by Crippen LogP contribution is 2.26. The smallest absolute Gasteiger partial charge is 0.292 e. The Morgan fingerprint density at radius 1 is 0.773 bits per heavy atom. The number of hydrogen-bond donors (Lipinski definition) is 2. The molecule has 3 aromatic rings. The lowest BCUT2D eigenvalue weighted by molar-refractivity contribution is 0.627. The average molecular weight is 300 g/mol. The van der Waals surface area contributed by atoms with Crippen LogP contribution in [-0.4, -0.2) is 10.2 Å². The minimum absolute atomic E-state index is 0.0657. The first-order valence-electron chi connectivity index (χ1n) is 6.37. The van der Waals surface area contributed by atoms with Crippen molar-refractivity contribution < 1.29 is 8.78 Å². The number of halogens is 2. The van der Waals surface area contributed by atoms with Crippen molar-refractivity contribution in [1.29, 1.82) is 0 Å². The molecule has 0 bridgehead atoms. The van der Waals surface area contributed by atoms with Crippen LogP contribution in [-0.2, 0) is 0 Å². The van der Waals surface area contributed by atoms with Crippen molar-refractivity contribution in [3.63, 3.8) is 0 Å². The molecule has 0 atom stereocenters. The lowest BCUT2D eigenvalue weighted by Crippen LogP contribution is -1.96. The van der Waals surface area contributed by atoms with E-state index in [1.165, 1.54) is 48.5 Å². The van der Waals surface area contributed by atoms with E-state index >= 15 is 0 Å². The van der Waals surface area contributed by atoms with Crippen molar-refractivity contribution in [2.24, 2.45) is 10.2 Å². The predicted octanol–water partition coefficient (Wildman–Crippen LogP) is 4.06. The van der Waals surface area contributed by atoms with E-state index in [2.05, 4.69) is 20.4 Å². The van der Waals surface area contributed by atoms with Crippen LogP contribution < -0.4 is 5.56 Å². The minimum atomic E-state index is -0.454. The number of rotatable bonds is 3. The molecule has 0 aliphatic carbocycles. The third kappa shape index (κ3) is 2.83. The molecule has 2 aromatic carbocycles. The summed E-state index contributed by atoms with van der Waals surface area (Å²) in [6, 6.07) is 11.0. The summed E-state index contributed by atoms with van der Waals surface area (Å²) in [6.07, 6.45) is 0. The molecule has 1 aromatic heterocycles. The van der Waals surface area contributed by atoms with E-state index in [1.807, 2.05) is 0 Å². The van der Waals surface area contributed by atoms with Gasteiger partial charge in [0.05, 0.1) is 11.4 Å². The van der Waals surface area contributed by atoms with E-state index in [1.54, 1.807) is 0 Å². The van der Waals surface area contributed by atoms with Gasteiger partial charge in [-0.2, -0.15) is 5.11 Å². The van der Waals surface area contributed by atoms with Gasteiger partial charge in [0.25, 0.3) is 5.56 Å². The first-order valence-corrected chi connectivity index (χ1v) is 6.37. The van der Waals surface area contributed by atoms with Crippen molar-refractivity contribution >= 4 is 11.4 Å². The Bertz CT molecular complexity index is 864. The molecule has 0 unspecified atom stereocenters. The Hall–Kier alpha value is -3.09. The molecule has 110 valence electrons. The Balaban J connectivity index is 1.97. The van der Waals surface area contributed by atoms with Gasteiger partial charge < -0.3 is 0 Å². The van der Waals surface area contributed by atoms with Crippen LogP contribution in [0.3, 0.4) is 0 Å². The molecule has 0 spiro atoms. The van der Waals surface area contributed by atoms with Crippen LogP contribution in [0.4, 0.5) is 20.2 Å². The molecule has 1 heterocycles.